The largest absolute Gasteiger partial charge is 0.508 e. The number of aromatic amines is 1. The van der Waals surface area contributed by atoms with E-state index in [9.17, 15) is 33.9 Å². The van der Waals surface area contributed by atoms with E-state index >= 15 is 0 Å². The van der Waals surface area contributed by atoms with Gasteiger partial charge < -0.3 is 35.6 Å². The third-order valence-corrected chi connectivity index (χ3v) is 10.3. The number of hydrogen-bond donors (Lipinski definition) is 6. The quantitative estimate of drug-likeness (QED) is 0.0902. The number of thioether (sulfide) groups is 2. The van der Waals surface area contributed by atoms with E-state index in [4.69, 9.17) is 5.85 Å². The van der Waals surface area contributed by atoms with E-state index in [2.05, 4.69) is 36.2 Å². The molecule has 0 saturated carbocycles. The molecule has 0 spiro atoms. The monoisotopic (exact) mass is 732 g/mol. The number of nitrogens with zero attached hydrogens (tertiary/aromatic N) is 3. The first-order valence-electron chi connectivity index (χ1n) is 15.6. The van der Waals surface area contributed by atoms with Gasteiger partial charge in [-0.2, -0.15) is 0 Å². The Morgan fingerprint density at radius 3 is 2.49 bits per heavy atom. The smallest absolute Gasteiger partial charge is 0.352 e. The normalized spacial score (nSPS) is 17.4. The summed E-state index contributed by atoms with van der Waals surface area (Å²) in [4.78, 5) is 81.5. The van der Waals surface area contributed by atoms with Gasteiger partial charge in [-0.25, -0.2) is 4.79 Å². The fourth-order valence-corrected chi connectivity index (χ4v) is 7.62. The van der Waals surface area contributed by atoms with E-state index in [0.29, 0.717) is 11.3 Å². The molecule has 2 aromatic carbocycles. The fraction of sp³-hybridized carbons (Fsp3) is 0.212. The average Bonchev–Trinajstić information content (AvgIpc) is 3.63. The third-order valence-electron chi connectivity index (χ3n) is 8.01. The van der Waals surface area contributed by atoms with Crippen LogP contribution in [0.15, 0.2) is 86.4 Å². The fourth-order valence-electron chi connectivity index (χ4n) is 5.37. The maximum Gasteiger partial charge on any atom is 0.352 e. The third kappa shape index (κ3) is 7.22. The lowest BCUT2D eigenvalue weighted by molar-refractivity contribution is -0.151. The first-order chi connectivity index (χ1) is 25.0. The van der Waals surface area contributed by atoms with E-state index in [1.54, 1.807) is 6.07 Å². The minimum absolute atomic E-state index is 0.0302. The Morgan fingerprint density at radius 1 is 1.08 bits per heavy atom. The molecule has 0 radical (unpaired) electrons. The molecular weight excluding hydrogens is 703 g/mol. The second-order valence-corrected chi connectivity index (χ2v) is 13.4. The van der Waals surface area contributed by atoms with Crippen molar-refractivity contribution in [1.29, 1.82) is 1.43 Å². The van der Waals surface area contributed by atoms with Crippen LogP contribution in [0.2, 0.25) is 0 Å². The second-order valence-electron chi connectivity index (χ2n) is 11.4. The lowest BCUT2D eigenvalue weighted by Gasteiger charge is -2.49. The van der Waals surface area contributed by atoms with E-state index in [0.717, 1.165) is 27.8 Å². The lowest BCUT2D eigenvalue weighted by Crippen LogP contribution is -2.71. The van der Waals surface area contributed by atoms with Gasteiger partial charge >= 0.3 is 17.8 Å². The highest BCUT2D eigenvalue weighted by Crippen LogP contribution is 2.41. The molecular formula is C33H29N7O9S2. The van der Waals surface area contributed by atoms with Crippen molar-refractivity contribution < 1.29 is 38.6 Å². The van der Waals surface area contributed by atoms with E-state index in [1.165, 1.54) is 49.1 Å². The topological polar surface area (TPSA) is 237 Å². The molecule has 51 heavy (non-hydrogen) atoms. The number of rotatable bonds is 12. The van der Waals surface area contributed by atoms with Gasteiger partial charge in [0, 0.05) is 24.2 Å². The van der Waals surface area contributed by atoms with Gasteiger partial charge in [-0.15, -0.1) is 22.0 Å². The molecule has 2 unspecified atom stereocenters. The Labute approximate surface area is 298 Å². The highest BCUT2D eigenvalue weighted by molar-refractivity contribution is 8.01. The molecule has 1 fully saturated rings. The first-order valence-corrected chi connectivity index (χ1v) is 17.3. The van der Waals surface area contributed by atoms with Crippen LogP contribution in [-0.2, 0) is 14.4 Å². The van der Waals surface area contributed by atoms with Crippen molar-refractivity contribution in [2.75, 3.05) is 18.6 Å². The highest BCUT2D eigenvalue weighted by atomic mass is 32.2. The number of fused-ring (bicyclic) bond motifs is 1. The van der Waals surface area contributed by atoms with Crippen molar-refractivity contribution in [2.24, 2.45) is 0 Å². The van der Waals surface area contributed by atoms with Crippen LogP contribution in [0.25, 0.3) is 11.3 Å². The van der Waals surface area contributed by atoms with Gasteiger partial charge in [-0.05, 0) is 47.9 Å². The molecule has 262 valence electrons. The van der Waals surface area contributed by atoms with Crippen LogP contribution in [0.5, 0.6) is 5.75 Å². The molecule has 2 aromatic heterocycles. The number of aromatic nitrogens is 3. The Morgan fingerprint density at radius 2 is 1.82 bits per heavy atom. The number of phenolic OH excluding ortho intramolecular Hbond substituents is 1. The summed E-state index contributed by atoms with van der Waals surface area (Å²) in [6.07, 6.45) is 0. The molecule has 6 rings (SSSR count). The molecule has 16 nitrogen and oxygen atoms in total. The Kier molecular flexibility index (Phi) is 9.58. The summed E-state index contributed by atoms with van der Waals surface area (Å²) in [5.74, 6) is -4.14. The number of carboxylic acids is 1. The van der Waals surface area contributed by atoms with Gasteiger partial charge in [0.2, 0.25) is 5.91 Å². The number of aryl methyl sites for hydroxylation is 1. The van der Waals surface area contributed by atoms with Crippen LogP contribution in [0.4, 0.5) is 0 Å². The van der Waals surface area contributed by atoms with Crippen LogP contribution in [0.1, 0.15) is 38.2 Å². The van der Waals surface area contributed by atoms with Gasteiger partial charge in [-0.3, -0.25) is 28.9 Å². The summed E-state index contributed by atoms with van der Waals surface area (Å²) in [5, 5.41) is 28.8. The molecule has 2 aliphatic heterocycles. The Bertz CT molecular complexity index is 2160. The number of amides is 4. The van der Waals surface area contributed by atoms with Crippen molar-refractivity contribution >= 4 is 53.1 Å². The number of H-pyrrole nitrogens is 1. The van der Waals surface area contributed by atoms with Crippen LogP contribution >= 0.6 is 23.5 Å². The van der Waals surface area contributed by atoms with Crippen molar-refractivity contribution in [2.45, 2.75) is 29.6 Å². The Balaban J connectivity index is 1.18. The van der Waals surface area contributed by atoms with E-state index in [-0.39, 0.29) is 45.2 Å². The lowest BCUT2D eigenvalue weighted by atomic mass is 10.0. The number of carboxylic acid groups (broad SMARTS) is 1. The SMILES string of the molecule is [2H]Oc1ccc(C(NC(=O)c2ccc(-c3ccc(C)cc3)[nH]c2=O)C(=O)NC2C(=O)N3C(C(=O)O)=C(CSc4nnc(C(=O)NC)o4)CS[C@@H]23)cc1. The highest BCUT2D eigenvalue weighted by Gasteiger charge is 2.54. The van der Waals surface area contributed by atoms with Gasteiger partial charge in [0.1, 0.15) is 34.5 Å². The summed E-state index contributed by atoms with van der Waals surface area (Å²) in [7, 11) is 1.40. The predicted molar refractivity (Wildman–Crippen MR) is 184 cm³/mol. The molecule has 0 bridgehead atoms. The van der Waals surface area contributed by atoms with Crippen molar-refractivity contribution in [3.8, 4) is 17.0 Å². The molecule has 2 aliphatic rings. The van der Waals surface area contributed by atoms with Crippen LogP contribution in [0, 0.1) is 6.92 Å². The number of hydrogen-bond acceptors (Lipinski definition) is 12. The minimum atomic E-state index is -1.41. The second kappa shape index (κ2) is 14.5. The number of benzene rings is 2. The van der Waals surface area contributed by atoms with Crippen molar-refractivity contribution in [1.82, 2.24) is 36.0 Å². The molecule has 0 aliphatic carbocycles. The van der Waals surface area contributed by atoms with Gasteiger partial charge in [-0.1, -0.05) is 53.7 Å². The number of carbonyl (C=O) groups is 5. The summed E-state index contributed by atoms with van der Waals surface area (Å²) < 4.78 is 12.4. The number of pyridine rings is 1. The number of nitrogens with one attached hydrogen (secondary N) is 4. The van der Waals surface area contributed by atoms with E-state index < -0.39 is 52.6 Å². The maximum atomic E-state index is 13.8. The summed E-state index contributed by atoms with van der Waals surface area (Å²) in [5.41, 5.74) is 1.69. The number of β-lactam (4-membered cyclic amide) rings is 1. The van der Waals surface area contributed by atoms with Gasteiger partial charge in [0.25, 0.3) is 24.0 Å². The zero-order chi connectivity index (χ0) is 37.1. The molecule has 1 saturated heterocycles. The van der Waals surface area contributed by atoms with Crippen LogP contribution in [0.3, 0.4) is 0 Å². The molecule has 4 amide bonds. The molecule has 6 N–H and O–H groups in total. The van der Waals surface area contributed by atoms with E-state index in [1.807, 2.05) is 31.2 Å². The van der Waals surface area contributed by atoms with Gasteiger partial charge in [0.15, 0.2) is 0 Å². The number of phenols is 1. The Hall–Kier alpha value is -5.88. The summed E-state index contributed by atoms with van der Waals surface area (Å²) in [6, 6.07) is 13.5. The summed E-state index contributed by atoms with van der Waals surface area (Å²) >= 11 is 2.22. The first kappa shape index (κ1) is 33.6. The standard InChI is InChI=1S/C33H29N7O9S2/c1-15-3-5-16(6-4-15)21-12-11-20(25(42)35-21)26(43)36-22(17-7-9-19(41)10-8-17)27(44)37-23-30(46)40-24(32(47)48)18(13-50-31(23)40)14-51-33-39-38-29(49-33)28(45)34-2/h3-12,22-23,31,41H,13-14H2,1-2H3,(H,34,45)(H,35,42)(H,36,43)(H,37,44)(H,47,48)/t22?,23?,31-/m0/s1/i/hD. The van der Waals surface area contributed by atoms with Crippen molar-refractivity contribution in [3.05, 3.63) is 105 Å². The molecule has 18 heteroatoms. The summed E-state index contributed by atoms with van der Waals surface area (Å²) in [6.45, 7) is 1.93. The molecule has 4 aromatic rings. The minimum Gasteiger partial charge on any atom is -0.508 e. The number of carbonyl (C=O) groups excluding carboxylic acids is 4. The van der Waals surface area contributed by atoms with Crippen LogP contribution in [-0.4, -0.2) is 91.3 Å². The number of aliphatic carboxylic acids is 1. The number of aromatic hydroxyl groups is 1. The van der Waals surface area contributed by atoms with Crippen molar-refractivity contribution in [3.63, 3.8) is 0 Å². The molecule has 3 atom stereocenters. The van der Waals surface area contributed by atoms with Gasteiger partial charge in [0.05, 0.1) is 0 Å². The maximum absolute atomic E-state index is 13.8. The zero-order valence-electron chi connectivity index (χ0n) is 27.8. The molecule has 4 heterocycles. The van der Waals surface area contributed by atoms with Crippen LogP contribution < -0.4 is 21.5 Å². The predicted octanol–water partition coefficient (Wildman–Crippen LogP) is 1.80. The average molecular weight is 733 g/mol. The zero-order valence-corrected chi connectivity index (χ0v) is 28.4.